The lowest BCUT2D eigenvalue weighted by Gasteiger charge is -2.23. The first-order valence-corrected chi connectivity index (χ1v) is 7.28. The SMILES string of the molecule is N#Cc1ncn(CC(=O)N2CCC[C@@H]2c2cccs2)n1. The van der Waals surface area contributed by atoms with Crippen LogP contribution in [0.15, 0.2) is 23.8 Å². The fourth-order valence-corrected chi connectivity index (χ4v) is 3.37. The van der Waals surface area contributed by atoms with Gasteiger partial charge in [-0.15, -0.1) is 16.4 Å². The molecule has 0 N–H and O–H groups in total. The number of nitrogens with zero attached hydrogens (tertiary/aromatic N) is 5. The highest BCUT2D eigenvalue weighted by molar-refractivity contribution is 7.10. The molecule has 1 amide bonds. The molecule has 2 aromatic heterocycles. The van der Waals surface area contributed by atoms with E-state index >= 15 is 0 Å². The van der Waals surface area contributed by atoms with Gasteiger partial charge in [0.1, 0.15) is 18.9 Å². The minimum absolute atomic E-state index is 0.0234. The van der Waals surface area contributed by atoms with E-state index < -0.39 is 0 Å². The van der Waals surface area contributed by atoms with E-state index in [0.717, 1.165) is 19.4 Å². The number of likely N-dealkylation sites (tertiary alicyclic amines) is 1. The molecule has 3 heterocycles. The van der Waals surface area contributed by atoms with Crippen LogP contribution in [-0.4, -0.2) is 32.1 Å². The van der Waals surface area contributed by atoms with Crippen molar-refractivity contribution in [2.75, 3.05) is 6.54 Å². The number of amides is 1. The Hall–Kier alpha value is -2.20. The molecule has 1 aliphatic rings. The average molecular weight is 287 g/mol. The quantitative estimate of drug-likeness (QED) is 0.859. The van der Waals surface area contributed by atoms with Crippen molar-refractivity contribution in [2.45, 2.75) is 25.4 Å². The monoisotopic (exact) mass is 287 g/mol. The first-order valence-electron chi connectivity index (χ1n) is 6.40. The van der Waals surface area contributed by atoms with Crippen molar-refractivity contribution in [1.82, 2.24) is 19.7 Å². The summed E-state index contributed by atoms with van der Waals surface area (Å²) < 4.78 is 1.42. The third-order valence-corrected chi connectivity index (χ3v) is 4.35. The van der Waals surface area contributed by atoms with Crippen molar-refractivity contribution in [3.8, 4) is 6.07 Å². The van der Waals surface area contributed by atoms with Gasteiger partial charge in [0.2, 0.25) is 5.91 Å². The molecule has 20 heavy (non-hydrogen) atoms. The normalized spacial score (nSPS) is 18.1. The van der Waals surface area contributed by atoms with Crippen LogP contribution in [0.1, 0.15) is 29.6 Å². The highest BCUT2D eigenvalue weighted by Gasteiger charge is 2.30. The van der Waals surface area contributed by atoms with E-state index in [1.54, 1.807) is 11.3 Å². The Labute approximate surface area is 120 Å². The standard InChI is InChI=1S/C13H13N5OS/c14-7-12-15-9-17(16-12)8-13(19)18-5-1-3-10(18)11-4-2-6-20-11/h2,4,6,9-10H,1,3,5,8H2/t10-/m1/s1. The maximum absolute atomic E-state index is 12.4. The molecule has 6 nitrogen and oxygen atoms in total. The van der Waals surface area contributed by atoms with Gasteiger partial charge in [-0.05, 0) is 24.3 Å². The zero-order valence-corrected chi connectivity index (χ0v) is 11.6. The number of thiophene rings is 1. The predicted molar refractivity (Wildman–Crippen MR) is 72.7 cm³/mol. The van der Waals surface area contributed by atoms with Gasteiger partial charge >= 0.3 is 0 Å². The molecule has 0 aliphatic carbocycles. The molecule has 1 fully saturated rings. The number of nitriles is 1. The summed E-state index contributed by atoms with van der Waals surface area (Å²) in [6.45, 7) is 0.914. The fraction of sp³-hybridized carbons (Fsp3) is 0.385. The Kier molecular flexibility index (Phi) is 3.48. The van der Waals surface area contributed by atoms with Gasteiger partial charge in [0, 0.05) is 11.4 Å². The lowest BCUT2D eigenvalue weighted by molar-refractivity contribution is -0.132. The Morgan fingerprint density at radius 1 is 1.60 bits per heavy atom. The maximum atomic E-state index is 12.4. The number of carbonyl (C=O) groups excluding carboxylic acids is 1. The molecule has 0 unspecified atom stereocenters. The van der Waals surface area contributed by atoms with E-state index in [-0.39, 0.29) is 24.3 Å². The number of hydrogen-bond acceptors (Lipinski definition) is 5. The van der Waals surface area contributed by atoms with Gasteiger partial charge in [-0.2, -0.15) is 5.26 Å². The predicted octanol–water partition coefficient (Wildman–Crippen LogP) is 1.57. The summed E-state index contributed by atoms with van der Waals surface area (Å²) in [6.07, 6.45) is 3.45. The zero-order valence-electron chi connectivity index (χ0n) is 10.8. The molecule has 1 aliphatic heterocycles. The highest BCUT2D eigenvalue weighted by atomic mass is 32.1. The van der Waals surface area contributed by atoms with Crippen molar-refractivity contribution in [3.63, 3.8) is 0 Å². The van der Waals surface area contributed by atoms with Gasteiger partial charge in [0.15, 0.2) is 0 Å². The topological polar surface area (TPSA) is 74.8 Å². The van der Waals surface area contributed by atoms with Crippen LogP contribution >= 0.6 is 11.3 Å². The van der Waals surface area contributed by atoms with Crippen LogP contribution in [0, 0.1) is 11.3 Å². The summed E-state index contributed by atoms with van der Waals surface area (Å²) in [5.41, 5.74) is 0. The van der Waals surface area contributed by atoms with Crippen LogP contribution < -0.4 is 0 Å². The summed E-state index contributed by atoms with van der Waals surface area (Å²) in [7, 11) is 0. The summed E-state index contributed by atoms with van der Waals surface area (Å²) in [5, 5.41) is 14.6. The van der Waals surface area contributed by atoms with E-state index in [0.29, 0.717) is 0 Å². The molecule has 2 aromatic rings. The molecule has 0 radical (unpaired) electrons. The van der Waals surface area contributed by atoms with Crippen molar-refractivity contribution < 1.29 is 4.79 Å². The lowest BCUT2D eigenvalue weighted by Crippen LogP contribution is -2.33. The smallest absolute Gasteiger partial charge is 0.252 e. The van der Waals surface area contributed by atoms with Gasteiger partial charge in [0.25, 0.3) is 5.82 Å². The second-order valence-corrected chi connectivity index (χ2v) is 5.62. The van der Waals surface area contributed by atoms with Gasteiger partial charge in [0.05, 0.1) is 6.04 Å². The van der Waals surface area contributed by atoms with E-state index in [1.165, 1.54) is 15.9 Å². The minimum Gasteiger partial charge on any atom is -0.333 e. The van der Waals surface area contributed by atoms with Crippen LogP contribution in [0.2, 0.25) is 0 Å². The molecule has 1 atom stereocenters. The van der Waals surface area contributed by atoms with Crippen LogP contribution in [0.4, 0.5) is 0 Å². The molecule has 3 rings (SSSR count). The lowest BCUT2D eigenvalue weighted by atomic mass is 10.2. The number of hydrogen-bond donors (Lipinski definition) is 0. The van der Waals surface area contributed by atoms with Crippen LogP contribution in [0.3, 0.4) is 0 Å². The molecular weight excluding hydrogens is 274 g/mol. The summed E-state index contributed by atoms with van der Waals surface area (Å²) in [5.74, 6) is 0.115. The minimum atomic E-state index is 0.0234. The molecular formula is C13H13N5OS. The highest BCUT2D eigenvalue weighted by Crippen LogP contribution is 2.34. The molecule has 0 aromatic carbocycles. The molecule has 1 saturated heterocycles. The number of rotatable bonds is 3. The maximum Gasteiger partial charge on any atom is 0.252 e. The molecule has 102 valence electrons. The number of carbonyl (C=O) groups is 1. The first kappa shape index (κ1) is 12.8. The van der Waals surface area contributed by atoms with Crippen molar-refractivity contribution in [1.29, 1.82) is 5.26 Å². The summed E-state index contributed by atoms with van der Waals surface area (Å²) in [4.78, 5) is 19.3. The Morgan fingerprint density at radius 2 is 2.50 bits per heavy atom. The summed E-state index contributed by atoms with van der Waals surface area (Å²) >= 11 is 1.68. The van der Waals surface area contributed by atoms with Crippen molar-refractivity contribution in [3.05, 3.63) is 34.5 Å². The largest absolute Gasteiger partial charge is 0.333 e. The van der Waals surface area contributed by atoms with E-state index in [1.807, 2.05) is 22.4 Å². The average Bonchev–Trinajstić information content (AvgIpc) is 3.19. The van der Waals surface area contributed by atoms with Gasteiger partial charge in [-0.25, -0.2) is 9.67 Å². The molecule has 7 heteroatoms. The van der Waals surface area contributed by atoms with E-state index in [9.17, 15) is 4.79 Å². The van der Waals surface area contributed by atoms with Crippen molar-refractivity contribution in [2.24, 2.45) is 0 Å². The van der Waals surface area contributed by atoms with Crippen LogP contribution in [-0.2, 0) is 11.3 Å². The second-order valence-electron chi connectivity index (χ2n) is 4.64. The molecule has 0 bridgehead atoms. The molecule has 0 saturated carbocycles. The van der Waals surface area contributed by atoms with Crippen molar-refractivity contribution >= 4 is 17.2 Å². The van der Waals surface area contributed by atoms with E-state index in [4.69, 9.17) is 5.26 Å². The Bertz CT molecular complexity index is 642. The first-order chi connectivity index (χ1) is 9.78. The molecule has 0 spiro atoms. The third-order valence-electron chi connectivity index (χ3n) is 3.38. The second kappa shape index (κ2) is 5.43. The zero-order chi connectivity index (χ0) is 13.9. The van der Waals surface area contributed by atoms with Gasteiger partial charge in [-0.1, -0.05) is 6.07 Å². The van der Waals surface area contributed by atoms with Crippen LogP contribution in [0.25, 0.3) is 0 Å². The Balaban J connectivity index is 1.71. The number of aromatic nitrogens is 3. The fourth-order valence-electron chi connectivity index (χ4n) is 2.49. The summed E-state index contributed by atoms with van der Waals surface area (Å²) in [6, 6.07) is 6.12. The van der Waals surface area contributed by atoms with E-state index in [2.05, 4.69) is 16.1 Å². The van der Waals surface area contributed by atoms with Crippen LogP contribution in [0.5, 0.6) is 0 Å². The third kappa shape index (κ3) is 2.42. The Morgan fingerprint density at radius 3 is 3.20 bits per heavy atom. The van der Waals surface area contributed by atoms with Gasteiger partial charge < -0.3 is 4.90 Å². The van der Waals surface area contributed by atoms with Gasteiger partial charge in [-0.3, -0.25) is 4.79 Å².